The number of aryl methyl sites for hydroxylation is 1. The molecule has 0 spiro atoms. The van der Waals surface area contributed by atoms with Crippen LogP contribution in [-0.2, 0) is 0 Å². The van der Waals surface area contributed by atoms with Gasteiger partial charge in [0, 0.05) is 10.0 Å². The number of rotatable bonds is 4. The molecule has 0 aliphatic rings. The highest BCUT2D eigenvalue weighted by Gasteiger charge is 2.19. The largest absolute Gasteiger partial charge is 0.496 e. The maximum atomic E-state index is 5.52. The van der Waals surface area contributed by atoms with Gasteiger partial charge in [-0.15, -0.1) is 11.3 Å². The molecule has 19 heavy (non-hydrogen) atoms. The minimum Gasteiger partial charge on any atom is -0.496 e. The summed E-state index contributed by atoms with van der Waals surface area (Å²) in [4.78, 5) is 0. The Labute approximate surface area is 134 Å². The second-order valence-corrected chi connectivity index (χ2v) is 7.39. The van der Waals surface area contributed by atoms with Crippen LogP contribution >= 0.6 is 43.2 Å². The smallest absolute Gasteiger partial charge is 0.124 e. The number of benzene rings is 1. The van der Waals surface area contributed by atoms with Crippen molar-refractivity contribution in [1.29, 1.82) is 0 Å². The molecule has 0 saturated carbocycles. The first-order chi connectivity index (χ1) is 9.06. The van der Waals surface area contributed by atoms with Crippen LogP contribution in [0.3, 0.4) is 0 Å². The predicted molar refractivity (Wildman–Crippen MR) is 88.4 cm³/mol. The molecule has 1 aromatic heterocycles. The average Bonchev–Trinajstić information content (AvgIpc) is 2.81. The average molecular weight is 405 g/mol. The molecule has 1 N–H and O–H groups in total. The zero-order valence-electron chi connectivity index (χ0n) is 11.0. The number of methoxy groups -OCH3 is 1. The number of hydrogen-bond donors (Lipinski definition) is 1. The molecule has 0 amide bonds. The molecule has 5 heteroatoms. The first-order valence-electron chi connectivity index (χ1n) is 5.82. The Balaban J connectivity index is 2.51. The van der Waals surface area contributed by atoms with E-state index in [0.29, 0.717) is 0 Å². The van der Waals surface area contributed by atoms with Crippen LogP contribution in [0.1, 0.15) is 22.7 Å². The minimum atomic E-state index is 0.120. The SMILES string of the molecule is CNC(c1csc(Br)c1)c1cc(Br)c(C)cc1OC. The number of ether oxygens (including phenoxy) is 1. The zero-order chi connectivity index (χ0) is 14.0. The number of thiophene rings is 1. The second-order valence-electron chi connectivity index (χ2n) is 4.25. The topological polar surface area (TPSA) is 21.3 Å². The number of hydrogen-bond acceptors (Lipinski definition) is 3. The van der Waals surface area contributed by atoms with Gasteiger partial charge >= 0.3 is 0 Å². The fourth-order valence-corrected chi connectivity index (χ4v) is 3.61. The van der Waals surface area contributed by atoms with Gasteiger partial charge in [0.05, 0.1) is 16.9 Å². The molecule has 2 rings (SSSR count). The summed E-state index contributed by atoms with van der Waals surface area (Å²) in [5.41, 5.74) is 3.53. The van der Waals surface area contributed by atoms with Gasteiger partial charge in [-0.25, -0.2) is 0 Å². The number of nitrogens with one attached hydrogen (secondary N) is 1. The van der Waals surface area contributed by atoms with Gasteiger partial charge in [0.1, 0.15) is 5.75 Å². The van der Waals surface area contributed by atoms with Crippen LogP contribution in [0.15, 0.2) is 31.8 Å². The molecule has 1 atom stereocenters. The lowest BCUT2D eigenvalue weighted by atomic mass is 9.99. The van der Waals surface area contributed by atoms with E-state index in [1.165, 1.54) is 11.1 Å². The summed E-state index contributed by atoms with van der Waals surface area (Å²) < 4.78 is 7.75. The monoisotopic (exact) mass is 403 g/mol. The molecular formula is C14H15Br2NOS. The van der Waals surface area contributed by atoms with E-state index >= 15 is 0 Å². The van der Waals surface area contributed by atoms with E-state index in [-0.39, 0.29) is 6.04 Å². The molecule has 102 valence electrons. The maximum absolute atomic E-state index is 5.52. The lowest BCUT2D eigenvalue weighted by Crippen LogP contribution is -2.18. The van der Waals surface area contributed by atoms with Crippen molar-refractivity contribution in [2.75, 3.05) is 14.2 Å². The Morgan fingerprint density at radius 2 is 2.00 bits per heavy atom. The molecule has 2 aromatic rings. The van der Waals surface area contributed by atoms with Crippen LogP contribution in [0, 0.1) is 6.92 Å². The van der Waals surface area contributed by atoms with Crippen molar-refractivity contribution in [1.82, 2.24) is 5.32 Å². The fraction of sp³-hybridized carbons (Fsp3) is 0.286. The Morgan fingerprint density at radius 1 is 1.26 bits per heavy atom. The van der Waals surface area contributed by atoms with Crippen molar-refractivity contribution in [3.8, 4) is 5.75 Å². The Hall–Kier alpha value is -0.360. The third-order valence-corrected chi connectivity index (χ3v) is 5.41. The molecule has 0 saturated heterocycles. The second kappa shape index (κ2) is 6.39. The van der Waals surface area contributed by atoms with Gasteiger partial charge in [-0.2, -0.15) is 0 Å². The third kappa shape index (κ3) is 3.21. The summed E-state index contributed by atoms with van der Waals surface area (Å²) in [5, 5.41) is 5.51. The van der Waals surface area contributed by atoms with Gasteiger partial charge in [-0.1, -0.05) is 15.9 Å². The summed E-state index contributed by atoms with van der Waals surface area (Å²) >= 11 is 8.80. The van der Waals surface area contributed by atoms with E-state index in [0.717, 1.165) is 19.6 Å². The summed E-state index contributed by atoms with van der Waals surface area (Å²) in [5.74, 6) is 0.905. The highest BCUT2D eigenvalue weighted by molar-refractivity contribution is 9.11. The van der Waals surface area contributed by atoms with Crippen molar-refractivity contribution in [2.45, 2.75) is 13.0 Å². The molecule has 0 radical (unpaired) electrons. The zero-order valence-corrected chi connectivity index (χ0v) is 14.9. The fourth-order valence-electron chi connectivity index (χ4n) is 2.05. The lowest BCUT2D eigenvalue weighted by molar-refractivity contribution is 0.405. The van der Waals surface area contributed by atoms with Gasteiger partial charge in [-0.05, 0) is 64.6 Å². The van der Waals surface area contributed by atoms with E-state index in [1.807, 2.05) is 7.05 Å². The maximum Gasteiger partial charge on any atom is 0.124 e. The Morgan fingerprint density at radius 3 is 2.53 bits per heavy atom. The summed E-state index contributed by atoms with van der Waals surface area (Å²) in [6, 6.07) is 6.44. The highest BCUT2D eigenvalue weighted by atomic mass is 79.9. The van der Waals surface area contributed by atoms with E-state index < -0.39 is 0 Å². The lowest BCUT2D eigenvalue weighted by Gasteiger charge is -2.20. The van der Waals surface area contributed by atoms with Crippen LogP contribution < -0.4 is 10.1 Å². The normalized spacial score (nSPS) is 12.5. The van der Waals surface area contributed by atoms with E-state index in [4.69, 9.17) is 4.74 Å². The first-order valence-corrected chi connectivity index (χ1v) is 8.28. The van der Waals surface area contributed by atoms with Crippen molar-refractivity contribution in [3.63, 3.8) is 0 Å². The first kappa shape index (κ1) is 15.0. The molecule has 1 unspecified atom stereocenters. The van der Waals surface area contributed by atoms with Crippen LogP contribution in [0.5, 0.6) is 5.75 Å². The predicted octanol–water partition coefficient (Wildman–Crippen LogP) is 4.90. The molecule has 1 heterocycles. The summed E-state index contributed by atoms with van der Waals surface area (Å²) in [7, 11) is 3.67. The van der Waals surface area contributed by atoms with Gasteiger partial charge in [0.25, 0.3) is 0 Å². The quantitative estimate of drug-likeness (QED) is 0.782. The molecule has 0 bridgehead atoms. The van der Waals surface area contributed by atoms with Crippen molar-refractivity contribution in [2.24, 2.45) is 0 Å². The van der Waals surface area contributed by atoms with Gasteiger partial charge in [0.15, 0.2) is 0 Å². The molecule has 2 nitrogen and oxygen atoms in total. The minimum absolute atomic E-state index is 0.120. The van der Waals surface area contributed by atoms with E-state index in [9.17, 15) is 0 Å². The van der Waals surface area contributed by atoms with E-state index in [1.54, 1.807) is 18.4 Å². The molecule has 0 aliphatic carbocycles. The van der Waals surface area contributed by atoms with Crippen molar-refractivity contribution < 1.29 is 4.74 Å². The molecule has 1 aromatic carbocycles. The van der Waals surface area contributed by atoms with Crippen molar-refractivity contribution >= 4 is 43.2 Å². The van der Waals surface area contributed by atoms with Crippen LogP contribution in [0.2, 0.25) is 0 Å². The molecule has 0 aliphatic heterocycles. The van der Waals surface area contributed by atoms with Gasteiger partial charge in [-0.3, -0.25) is 0 Å². The Kier molecular flexibility index (Phi) is 5.06. The summed E-state index contributed by atoms with van der Waals surface area (Å²) in [6.07, 6.45) is 0. The Bertz CT molecular complexity index is 583. The van der Waals surface area contributed by atoms with Gasteiger partial charge in [0.2, 0.25) is 0 Å². The molecular weight excluding hydrogens is 390 g/mol. The van der Waals surface area contributed by atoms with Crippen LogP contribution in [0.25, 0.3) is 0 Å². The standard InChI is InChI=1S/C14H15Br2NOS/c1-8-4-12(18-3)10(6-11(8)15)14(17-2)9-5-13(16)19-7-9/h4-7,14,17H,1-3H3. The van der Waals surface area contributed by atoms with Crippen LogP contribution in [0.4, 0.5) is 0 Å². The third-order valence-electron chi connectivity index (χ3n) is 3.03. The van der Waals surface area contributed by atoms with Gasteiger partial charge < -0.3 is 10.1 Å². The van der Waals surface area contributed by atoms with Crippen molar-refractivity contribution in [3.05, 3.63) is 48.5 Å². The van der Waals surface area contributed by atoms with E-state index in [2.05, 4.69) is 67.7 Å². The summed E-state index contributed by atoms with van der Waals surface area (Å²) in [6.45, 7) is 2.06. The highest BCUT2D eigenvalue weighted by Crippen LogP contribution is 2.36. The number of halogens is 2. The molecule has 0 fully saturated rings. The van der Waals surface area contributed by atoms with Crippen LogP contribution in [-0.4, -0.2) is 14.2 Å².